The number of ether oxygens (including phenoxy) is 2. The lowest BCUT2D eigenvalue weighted by Crippen LogP contribution is -2.37. The van der Waals surface area contributed by atoms with Gasteiger partial charge in [0.05, 0.1) is 14.2 Å². The average Bonchev–Trinajstić information content (AvgIpc) is 2.64. The minimum Gasteiger partial charge on any atom is -0.493 e. The molecule has 1 atom stereocenters. The summed E-state index contributed by atoms with van der Waals surface area (Å²) in [5.74, 6) is 1.40. The highest BCUT2D eigenvalue weighted by molar-refractivity contribution is 5.84. The van der Waals surface area contributed by atoms with Crippen molar-refractivity contribution in [2.75, 3.05) is 26.1 Å². The van der Waals surface area contributed by atoms with Crippen LogP contribution in [0.1, 0.15) is 19.3 Å². The molecule has 1 amide bonds. The van der Waals surface area contributed by atoms with Crippen LogP contribution in [0.3, 0.4) is 0 Å². The highest BCUT2D eigenvalue weighted by Gasteiger charge is 2.20. The third-order valence-corrected chi connectivity index (χ3v) is 3.26. The molecule has 1 heterocycles. The van der Waals surface area contributed by atoms with Crippen LogP contribution in [0.25, 0.3) is 0 Å². The van der Waals surface area contributed by atoms with Crippen LogP contribution in [0.2, 0.25) is 0 Å². The van der Waals surface area contributed by atoms with Crippen LogP contribution in [-0.2, 0) is 4.79 Å². The molecule has 0 aliphatic carbocycles. The topological polar surface area (TPSA) is 59.6 Å². The second-order valence-corrected chi connectivity index (χ2v) is 4.55. The first kappa shape index (κ1) is 13.5. The lowest BCUT2D eigenvalue weighted by atomic mass is 10.1. The van der Waals surface area contributed by atoms with Crippen LogP contribution in [-0.4, -0.2) is 32.7 Å². The predicted octanol–water partition coefficient (Wildman–Crippen LogP) is 1.78. The zero-order chi connectivity index (χ0) is 13.7. The summed E-state index contributed by atoms with van der Waals surface area (Å²) in [4.78, 5) is 11.9. The van der Waals surface area contributed by atoms with Crippen LogP contribution < -0.4 is 20.1 Å². The Morgan fingerprint density at radius 2 is 2.00 bits per heavy atom. The SMILES string of the molecule is COc1ccc(NC2CCCCNC2=O)cc1OC. The molecule has 5 nitrogen and oxygen atoms in total. The first-order chi connectivity index (χ1) is 9.24. The molecule has 0 bridgehead atoms. The summed E-state index contributed by atoms with van der Waals surface area (Å²) in [6.45, 7) is 0.767. The van der Waals surface area contributed by atoms with E-state index in [1.807, 2.05) is 18.2 Å². The smallest absolute Gasteiger partial charge is 0.242 e. The molecule has 0 radical (unpaired) electrons. The third-order valence-electron chi connectivity index (χ3n) is 3.26. The van der Waals surface area contributed by atoms with Gasteiger partial charge in [0.15, 0.2) is 11.5 Å². The van der Waals surface area contributed by atoms with E-state index in [-0.39, 0.29) is 11.9 Å². The molecule has 1 saturated heterocycles. The van der Waals surface area contributed by atoms with Crippen LogP contribution >= 0.6 is 0 Å². The average molecular weight is 264 g/mol. The van der Waals surface area contributed by atoms with Crippen molar-refractivity contribution < 1.29 is 14.3 Å². The van der Waals surface area contributed by atoms with Gasteiger partial charge in [-0.05, 0) is 31.4 Å². The summed E-state index contributed by atoms with van der Waals surface area (Å²) < 4.78 is 10.4. The highest BCUT2D eigenvalue weighted by atomic mass is 16.5. The maximum atomic E-state index is 11.9. The normalized spacial score (nSPS) is 19.3. The molecular formula is C14H20N2O3. The van der Waals surface area contributed by atoms with E-state index < -0.39 is 0 Å². The number of nitrogens with one attached hydrogen (secondary N) is 2. The van der Waals surface area contributed by atoms with Crippen LogP contribution in [0.15, 0.2) is 18.2 Å². The molecule has 1 aromatic carbocycles. The number of benzene rings is 1. The summed E-state index contributed by atoms with van der Waals surface area (Å²) in [5.41, 5.74) is 0.861. The molecule has 1 aliphatic rings. The Bertz CT molecular complexity index is 448. The molecule has 0 saturated carbocycles. The van der Waals surface area contributed by atoms with Gasteiger partial charge in [-0.25, -0.2) is 0 Å². The molecule has 1 aromatic rings. The monoisotopic (exact) mass is 264 g/mol. The Morgan fingerprint density at radius 1 is 1.21 bits per heavy atom. The number of hydrogen-bond acceptors (Lipinski definition) is 4. The van der Waals surface area contributed by atoms with E-state index in [0.717, 1.165) is 31.5 Å². The van der Waals surface area contributed by atoms with Gasteiger partial charge >= 0.3 is 0 Å². The maximum absolute atomic E-state index is 11.9. The van der Waals surface area contributed by atoms with Crippen LogP contribution in [0, 0.1) is 0 Å². The zero-order valence-electron chi connectivity index (χ0n) is 11.4. The van der Waals surface area contributed by atoms with Crippen LogP contribution in [0.4, 0.5) is 5.69 Å². The van der Waals surface area contributed by atoms with E-state index in [0.29, 0.717) is 11.5 Å². The van der Waals surface area contributed by atoms with Crippen molar-refractivity contribution >= 4 is 11.6 Å². The summed E-state index contributed by atoms with van der Waals surface area (Å²) in [6, 6.07) is 5.38. The number of amides is 1. The molecule has 2 rings (SSSR count). The molecular weight excluding hydrogens is 244 g/mol. The summed E-state index contributed by atoms with van der Waals surface area (Å²) in [7, 11) is 3.20. The number of carbonyl (C=O) groups excluding carboxylic acids is 1. The van der Waals surface area contributed by atoms with Gasteiger partial charge in [-0.15, -0.1) is 0 Å². The number of methoxy groups -OCH3 is 2. The number of carbonyl (C=O) groups is 1. The van der Waals surface area contributed by atoms with E-state index in [1.54, 1.807) is 14.2 Å². The molecule has 0 aromatic heterocycles. The number of hydrogen-bond donors (Lipinski definition) is 2. The van der Waals surface area contributed by atoms with Crippen molar-refractivity contribution in [1.82, 2.24) is 5.32 Å². The fourth-order valence-electron chi connectivity index (χ4n) is 2.20. The van der Waals surface area contributed by atoms with Crippen molar-refractivity contribution in [3.05, 3.63) is 18.2 Å². The largest absolute Gasteiger partial charge is 0.493 e. The minimum absolute atomic E-state index is 0.0623. The van der Waals surface area contributed by atoms with Gasteiger partial charge in [-0.3, -0.25) is 4.79 Å². The second kappa shape index (κ2) is 6.31. The number of rotatable bonds is 4. The highest BCUT2D eigenvalue weighted by Crippen LogP contribution is 2.30. The molecule has 1 unspecified atom stereocenters. The summed E-state index contributed by atoms with van der Waals surface area (Å²) in [5, 5.41) is 6.16. The van der Waals surface area contributed by atoms with Crippen molar-refractivity contribution in [2.45, 2.75) is 25.3 Å². The lowest BCUT2D eigenvalue weighted by molar-refractivity contribution is -0.121. The first-order valence-electron chi connectivity index (χ1n) is 6.51. The van der Waals surface area contributed by atoms with Gasteiger partial charge in [0.25, 0.3) is 0 Å². The summed E-state index contributed by atoms with van der Waals surface area (Å²) in [6.07, 6.45) is 2.93. The van der Waals surface area contributed by atoms with Crippen molar-refractivity contribution in [2.24, 2.45) is 0 Å². The second-order valence-electron chi connectivity index (χ2n) is 4.55. The molecule has 104 valence electrons. The molecule has 5 heteroatoms. The molecule has 0 spiro atoms. The third kappa shape index (κ3) is 3.30. The standard InChI is InChI=1S/C14H20N2O3/c1-18-12-7-6-10(9-13(12)19-2)16-11-5-3-4-8-15-14(11)17/h6-7,9,11,16H,3-5,8H2,1-2H3,(H,15,17). The Hall–Kier alpha value is -1.91. The van der Waals surface area contributed by atoms with E-state index in [1.165, 1.54) is 0 Å². The predicted molar refractivity (Wildman–Crippen MR) is 73.8 cm³/mol. The molecule has 1 aliphatic heterocycles. The minimum atomic E-state index is -0.180. The fourth-order valence-corrected chi connectivity index (χ4v) is 2.20. The van der Waals surface area contributed by atoms with Gasteiger partial charge in [0, 0.05) is 18.3 Å². The van der Waals surface area contributed by atoms with Gasteiger partial charge in [-0.1, -0.05) is 0 Å². The summed E-state index contributed by atoms with van der Waals surface area (Å²) >= 11 is 0. The Labute approximate surface area is 113 Å². The Kier molecular flexibility index (Phi) is 4.49. The lowest BCUT2D eigenvalue weighted by Gasteiger charge is -2.17. The van der Waals surface area contributed by atoms with Gasteiger partial charge in [0.1, 0.15) is 6.04 Å². The van der Waals surface area contributed by atoms with E-state index in [2.05, 4.69) is 10.6 Å². The molecule has 2 N–H and O–H groups in total. The Balaban J connectivity index is 2.11. The van der Waals surface area contributed by atoms with Gasteiger partial charge in [-0.2, -0.15) is 0 Å². The van der Waals surface area contributed by atoms with Crippen LogP contribution in [0.5, 0.6) is 11.5 Å². The van der Waals surface area contributed by atoms with Crippen molar-refractivity contribution in [1.29, 1.82) is 0 Å². The molecule has 1 fully saturated rings. The fraction of sp³-hybridized carbons (Fsp3) is 0.500. The molecule has 19 heavy (non-hydrogen) atoms. The first-order valence-corrected chi connectivity index (χ1v) is 6.51. The maximum Gasteiger partial charge on any atom is 0.242 e. The van der Waals surface area contributed by atoms with E-state index in [9.17, 15) is 4.79 Å². The zero-order valence-corrected chi connectivity index (χ0v) is 11.4. The van der Waals surface area contributed by atoms with Gasteiger partial charge < -0.3 is 20.1 Å². The number of anilines is 1. The van der Waals surface area contributed by atoms with Crippen molar-refractivity contribution in [3.63, 3.8) is 0 Å². The Morgan fingerprint density at radius 3 is 2.74 bits per heavy atom. The van der Waals surface area contributed by atoms with Crippen molar-refractivity contribution in [3.8, 4) is 11.5 Å². The van der Waals surface area contributed by atoms with Gasteiger partial charge in [0.2, 0.25) is 5.91 Å². The quantitative estimate of drug-likeness (QED) is 0.870. The van der Waals surface area contributed by atoms with E-state index in [4.69, 9.17) is 9.47 Å². The van der Waals surface area contributed by atoms with E-state index >= 15 is 0 Å².